The van der Waals surface area contributed by atoms with Gasteiger partial charge in [0.05, 0.1) is 12.6 Å². The molecule has 0 saturated carbocycles. The fraction of sp³-hybridized carbons (Fsp3) is 0.208. The molecule has 0 bridgehead atoms. The van der Waals surface area contributed by atoms with Crippen molar-refractivity contribution in [3.05, 3.63) is 70.9 Å². The summed E-state index contributed by atoms with van der Waals surface area (Å²) in [5, 5.41) is 0.845. The number of nitrogens with two attached hydrogens (primary N) is 1. The van der Waals surface area contributed by atoms with E-state index in [4.69, 9.17) is 15.5 Å². The Hall–Kier alpha value is -3.67. The number of benzene rings is 1. The average Bonchev–Trinajstić information content (AvgIpc) is 2.72. The second kappa shape index (κ2) is 7.30. The summed E-state index contributed by atoms with van der Waals surface area (Å²) in [6.07, 6.45) is 5.13. The predicted molar refractivity (Wildman–Crippen MR) is 121 cm³/mol. The molecule has 30 heavy (non-hydrogen) atoms. The summed E-state index contributed by atoms with van der Waals surface area (Å²) in [6, 6.07) is 11.3. The summed E-state index contributed by atoms with van der Waals surface area (Å²) in [5.41, 5.74) is 10.2. The Morgan fingerprint density at radius 2 is 1.77 bits per heavy atom. The number of hydrogen-bond donors (Lipinski definition) is 2. The molecule has 6 heteroatoms. The Balaban J connectivity index is 2.09. The quantitative estimate of drug-likeness (QED) is 0.526. The molecule has 6 nitrogen and oxygen atoms in total. The maximum absolute atomic E-state index is 12.6. The van der Waals surface area contributed by atoms with Crippen molar-refractivity contribution in [3.63, 3.8) is 0 Å². The van der Waals surface area contributed by atoms with Crippen molar-refractivity contribution in [2.24, 2.45) is 0 Å². The summed E-state index contributed by atoms with van der Waals surface area (Å²) in [7, 11) is 1.66. The number of methoxy groups -OCH3 is 1. The summed E-state index contributed by atoms with van der Waals surface area (Å²) >= 11 is 0. The molecular weight excluding hydrogens is 376 g/mol. The monoisotopic (exact) mass is 400 g/mol. The van der Waals surface area contributed by atoms with Crippen LogP contribution in [0.25, 0.3) is 33.2 Å². The highest BCUT2D eigenvalue weighted by Crippen LogP contribution is 2.42. The number of nitrogens with zero attached hydrogens (tertiary/aromatic N) is 2. The minimum absolute atomic E-state index is 0.155. The molecule has 1 aromatic carbocycles. The zero-order valence-electron chi connectivity index (χ0n) is 17.5. The van der Waals surface area contributed by atoms with Gasteiger partial charge in [-0.1, -0.05) is 20.8 Å². The SMILES string of the molecule is COc1c(C(C)(C)C)cc(-c2ccc[nH]c2=O)c2ncc(-c3ccc(N)nc3)cc12. The predicted octanol–water partition coefficient (Wildman–Crippen LogP) is 4.54. The molecule has 0 fully saturated rings. The van der Waals surface area contributed by atoms with Crippen LogP contribution < -0.4 is 16.0 Å². The number of ether oxygens (including phenoxy) is 1. The first-order valence-corrected chi connectivity index (χ1v) is 9.71. The second-order valence-corrected chi connectivity index (χ2v) is 8.26. The molecule has 4 rings (SSSR count). The largest absolute Gasteiger partial charge is 0.496 e. The van der Waals surface area contributed by atoms with Gasteiger partial charge in [-0.3, -0.25) is 9.78 Å². The first-order valence-electron chi connectivity index (χ1n) is 9.71. The molecule has 0 spiro atoms. The molecule has 3 aromatic heterocycles. The normalized spacial score (nSPS) is 11.6. The number of H-pyrrole nitrogens is 1. The molecular formula is C24H24N4O2. The minimum atomic E-state index is -0.200. The third-order valence-corrected chi connectivity index (χ3v) is 5.16. The van der Waals surface area contributed by atoms with Crippen molar-refractivity contribution in [2.75, 3.05) is 12.8 Å². The maximum Gasteiger partial charge on any atom is 0.255 e. The molecule has 0 aliphatic carbocycles. The number of nitrogens with one attached hydrogen (secondary N) is 1. The molecule has 3 heterocycles. The Kier molecular flexibility index (Phi) is 4.78. The van der Waals surface area contributed by atoms with Crippen LogP contribution in [-0.4, -0.2) is 22.1 Å². The molecule has 0 unspecified atom stereocenters. The zero-order valence-corrected chi connectivity index (χ0v) is 17.5. The lowest BCUT2D eigenvalue weighted by Crippen LogP contribution is -2.15. The van der Waals surface area contributed by atoms with Crippen LogP contribution in [0.15, 0.2) is 59.8 Å². The van der Waals surface area contributed by atoms with Gasteiger partial charge in [-0.15, -0.1) is 0 Å². The minimum Gasteiger partial charge on any atom is -0.496 e. The van der Waals surface area contributed by atoms with Crippen molar-refractivity contribution < 1.29 is 4.74 Å². The molecule has 0 aliphatic rings. The third kappa shape index (κ3) is 3.41. The van der Waals surface area contributed by atoms with Crippen LogP contribution in [0.2, 0.25) is 0 Å². The first kappa shape index (κ1) is 19.6. The maximum atomic E-state index is 12.6. The van der Waals surface area contributed by atoms with E-state index >= 15 is 0 Å². The number of fused-ring (bicyclic) bond motifs is 1. The Morgan fingerprint density at radius 3 is 2.40 bits per heavy atom. The van der Waals surface area contributed by atoms with Crippen molar-refractivity contribution >= 4 is 16.7 Å². The fourth-order valence-corrected chi connectivity index (χ4v) is 3.63. The zero-order chi connectivity index (χ0) is 21.5. The van der Waals surface area contributed by atoms with E-state index in [2.05, 4.69) is 30.7 Å². The second-order valence-electron chi connectivity index (χ2n) is 8.26. The Labute approximate surface area is 174 Å². The lowest BCUT2D eigenvalue weighted by molar-refractivity contribution is 0.402. The van der Waals surface area contributed by atoms with Crippen molar-refractivity contribution in [1.82, 2.24) is 15.0 Å². The molecule has 3 N–H and O–H groups in total. The number of aromatic nitrogens is 3. The number of nitrogen functional groups attached to an aromatic ring is 1. The van der Waals surface area contributed by atoms with E-state index in [1.807, 2.05) is 30.3 Å². The number of aromatic amines is 1. The highest BCUT2D eigenvalue weighted by molar-refractivity contribution is 6.00. The molecule has 0 amide bonds. The third-order valence-electron chi connectivity index (χ3n) is 5.16. The van der Waals surface area contributed by atoms with Gasteiger partial charge < -0.3 is 15.5 Å². The van der Waals surface area contributed by atoms with Crippen LogP contribution in [0.4, 0.5) is 5.82 Å². The summed E-state index contributed by atoms with van der Waals surface area (Å²) < 4.78 is 5.85. The van der Waals surface area contributed by atoms with Gasteiger partial charge in [0, 0.05) is 51.8 Å². The fourth-order valence-electron chi connectivity index (χ4n) is 3.63. The first-order chi connectivity index (χ1) is 14.3. The van der Waals surface area contributed by atoms with Crippen LogP contribution in [-0.2, 0) is 5.41 Å². The van der Waals surface area contributed by atoms with E-state index in [-0.39, 0.29) is 11.0 Å². The molecule has 152 valence electrons. The van der Waals surface area contributed by atoms with Crippen molar-refractivity contribution in [3.8, 4) is 28.0 Å². The van der Waals surface area contributed by atoms with Gasteiger partial charge in [-0.05, 0) is 41.8 Å². The van der Waals surface area contributed by atoms with Gasteiger partial charge in [0.25, 0.3) is 5.56 Å². The smallest absolute Gasteiger partial charge is 0.255 e. The molecule has 0 aliphatic heterocycles. The molecule has 0 atom stereocenters. The van der Waals surface area contributed by atoms with Crippen molar-refractivity contribution in [1.29, 1.82) is 0 Å². The standard InChI is InChI=1S/C24H24N4O2/c1-24(2,3)19-11-17(16-6-5-9-26-23(16)29)21-18(22(19)30-4)10-15(13-28-21)14-7-8-20(25)27-12-14/h5-13H,1-4H3,(H2,25,27)(H,26,29). The average molecular weight is 400 g/mol. The van der Waals surface area contributed by atoms with Crippen LogP contribution >= 0.6 is 0 Å². The van der Waals surface area contributed by atoms with Gasteiger partial charge in [0.1, 0.15) is 11.6 Å². The lowest BCUT2D eigenvalue weighted by Gasteiger charge is -2.25. The topological polar surface area (TPSA) is 93.9 Å². The van der Waals surface area contributed by atoms with E-state index in [1.165, 1.54) is 0 Å². The molecule has 0 saturated heterocycles. The van der Waals surface area contributed by atoms with Crippen LogP contribution in [0.3, 0.4) is 0 Å². The van der Waals surface area contributed by atoms with E-state index < -0.39 is 0 Å². The van der Waals surface area contributed by atoms with E-state index in [1.54, 1.807) is 31.8 Å². The lowest BCUT2D eigenvalue weighted by atomic mass is 9.83. The number of hydrogen-bond acceptors (Lipinski definition) is 5. The summed E-state index contributed by atoms with van der Waals surface area (Å²) in [6.45, 7) is 6.37. The Bertz CT molecular complexity index is 1290. The number of pyridine rings is 3. The Morgan fingerprint density at radius 1 is 1.00 bits per heavy atom. The number of anilines is 1. The van der Waals surface area contributed by atoms with E-state index in [0.717, 1.165) is 33.4 Å². The van der Waals surface area contributed by atoms with Gasteiger partial charge in [-0.25, -0.2) is 4.98 Å². The highest BCUT2D eigenvalue weighted by atomic mass is 16.5. The summed E-state index contributed by atoms with van der Waals surface area (Å²) in [4.78, 5) is 24.2. The van der Waals surface area contributed by atoms with Crippen molar-refractivity contribution in [2.45, 2.75) is 26.2 Å². The number of rotatable bonds is 3. The van der Waals surface area contributed by atoms with Crippen LogP contribution in [0, 0.1) is 0 Å². The van der Waals surface area contributed by atoms with Gasteiger partial charge in [0.2, 0.25) is 0 Å². The summed E-state index contributed by atoms with van der Waals surface area (Å²) in [5.74, 6) is 1.22. The van der Waals surface area contributed by atoms with E-state index in [0.29, 0.717) is 16.9 Å². The molecule has 4 aromatic rings. The van der Waals surface area contributed by atoms with Crippen LogP contribution in [0.5, 0.6) is 5.75 Å². The van der Waals surface area contributed by atoms with Gasteiger partial charge >= 0.3 is 0 Å². The van der Waals surface area contributed by atoms with Gasteiger partial charge in [-0.2, -0.15) is 0 Å². The van der Waals surface area contributed by atoms with Gasteiger partial charge in [0.15, 0.2) is 0 Å². The van der Waals surface area contributed by atoms with E-state index in [9.17, 15) is 4.79 Å². The molecule has 0 radical (unpaired) electrons. The highest BCUT2D eigenvalue weighted by Gasteiger charge is 2.24. The van der Waals surface area contributed by atoms with Crippen LogP contribution in [0.1, 0.15) is 26.3 Å².